The predicted octanol–water partition coefficient (Wildman–Crippen LogP) is 3.61. The third-order valence-corrected chi connectivity index (χ3v) is 3.92. The molecule has 0 amide bonds. The lowest BCUT2D eigenvalue weighted by atomic mass is 10.1. The topological polar surface area (TPSA) is 42.8 Å². The highest BCUT2D eigenvalue weighted by Gasteiger charge is 2.28. The average molecular weight is 295 g/mol. The molecule has 21 heavy (non-hydrogen) atoms. The monoisotopic (exact) mass is 295 g/mol. The number of nitrogens with zero attached hydrogens (tertiary/aromatic N) is 2. The van der Waals surface area contributed by atoms with E-state index < -0.39 is 0 Å². The standard InChI is InChI=1S/C16H13N3OS/c21-16-18-17-15(19(16)12-7-2-1-3-8-12)14-10-11-6-4-5-9-13(11)20-14/h1-9,14H,10H2,(H,18,21). The minimum atomic E-state index is -0.115. The van der Waals surface area contributed by atoms with Crippen LogP contribution in [0.15, 0.2) is 54.6 Å². The van der Waals surface area contributed by atoms with Gasteiger partial charge in [0.25, 0.3) is 0 Å². The van der Waals surface area contributed by atoms with Crippen LogP contribution < -0.4 is 4.74 Å². The lowest BCUT2D eigenvalue weighted by Crippen LogP contribution is -2.11. The first-order chi connectivity index (χ1) is 10.3. The van der Waals surface area contributed by atoms with E-state index in [2.05, 4.69) is 16.3 Å². The van der Waals surface area contributed by atoms with E-state index in [9.17, 15) is 0 Å². The molecule has 0 saturated carbocycles. The fourth-order valence-electron chi connectivity index (χ4n) is 2.68. The molecule has 1 unspecified atom stereocenters. The van der Waals surface area contributed by atoms with E-state index in [1.54, 1.807) is 0 Å². The largest absolute Gasteiger partial charge is 0.482 e. The van der Waals surface area contributed by atoms with Crippen LogP contribution in [0.25, 0.3) is 5.69 Å². The van der Waals surface area contributed by atoms with Crippen molar-refractivity contribution in [1.82, 2.24) is 14.8 Å². The summed E-state index contributed by atoms with van der Waals surface area (Å²) in [6, 6.07) is 18.1. The SMILES string of the molecule is S=c1[nH]nc(C2Cc3ccccc3O2)n1-c1ccccc1. The highest BCUT2D eigenvalue weighted by molar-refractivity contribution is 7.71. The Morgan fingerprint density at radius 3 is 2.67 bits per heavy atom. The molecule has 0 radical (unpaired) electrons. The third-order valence-electron chi connectivity index (χ3n) is 3.65. The molecule has 1 N–H and O–H groups in total. The molecule has 0 aliphatic carbocycles. The summed E-state index contributed by atoms with van der Waals surface area (Å²) < 4.78 is 8.53. The number of ether oxygens (including phenoxy) is 1. The van der Waals surface area contributed by atoms with E-state index in [0.717, 1.165) is 23.7 Å². The smallest absolute Gasteiger partial charge is 0.199 e. The molecule has 2 heterocycles. The van der Waals surface area contributed by atoms with Gasteiger partial charge < -0.3 is 4.74 Å². The minimum absolute atomic E-state index is 0.115. The molecule has 0 bridgehead atoms. The number of hydrogen-bond donors (Lipinski definition) is 1. The lowest BCUT2D eigenvalue weighted by Gasteiger charge is -2.12. The molecule has 1 aliphatic heterocycles. The average Bonchev–Trinajstić information content (AvgIpc) is 3.11. The summed E-state index contributed by atoms with van der Waals surface area (Å²) in [7, 11) is 0. The molecule has 1 aromatic heterocycles. The van der Waals surface area contributed by atoms with Crippen molar-refractivity contribution in [3.63, 3.8) is 0 Å². The van der Waals surface area contributed by atoms with Gasteiger partial charge in [0, 0.05) is 12.1 Å². The van der Waals surface area contributed by atoms with E-state index in [-0.39, 0.29) is 6.10 Å². The zero-order valence-corrected chi connectivity index (χ0v) is 12.0. The normalized spacial score (nSPS) is 16.5. The maximum atomic E-state index is 6.02. The molecule has 0 spiro atoms. The second kappa shape index (κ2) is 4.86. The molecule has 3 aromatic rings. The van der Waals surface area contributed by atoms with Crippen LogP contribution in [0.4, 0.5) is 0 Å². The fraction of sp³-hybridized carbons (Fsp3) is 0.125. The van der Waals surface area contributed by atoms with Gasteiger partial charge in [-0.1, -0.05) is 36.4 Å². The summed E-state index contributed by atoms with van der Waals surface area (Å²) in [6.45, 7) is 0. The number of fused-ring (bicyclic) bond motifs is 1. The molecule has 104 valence electrons. The molecule has 4 nitrogen and oxygen atoms in total. The number of para-hydroxylation sites is 2. The second-order valence-corrected chi connectivity index (χ2v) is 5.36. The van der Waals surface area contributed by atoms with E-state index in [0.29, 0.717) is 4.77 Å². The Balaban J connectivity index is 1.77. The Bertz CT molecular complexity index is 813. The van der Waals surface area contributed by atoms with Crippen LogP contribution in [-0.2, 0) is 6.42 Å². The highest BCUT2D eigenvalue weighted by Crippen LogP contribution is 2.36. The Morgan fingerprint density at radius 1 is 1.10 bits per heavy atom. The van der Waals surface area contributed by atoms with Crippen LogP contribution in [0.3, 0.4) is 0 Å². The summed E-state index contributed by atoms with van der Waals surface area (Å²) >= 11 is 5.37. The quantitative estimate of drug-likeness (QED) is 0.734. The van der Waals surface area contributed by atoms with Crippen LogP contribution in [0.5, 0.6) is 5.75 Å². The van der Waals surface area contributed by atoms with Gasteiger partial charge in [-0.2, -0.15) is 5.10 Å². The zero-order valence-electron chi connectivity index (χ0n) is 11.2. The van der Waals surface area contributed by atoms with E-state index >= 15 is 0 Å². The molecule has 4 rings (SSSR count). The number of nitrogens with one attached hydrogen (secondary N) is 1. The fourth-order valence-corrected chi connectivity index (χ4v) is 2.92. The van der Waals surface area contributed by atoms with Crippen LogP contribution in [0.2, 0.25) is 0 Å². The Hall–Kier alpha value is -2.40. The zero-order chi connectivity index (χ0) is 14.2. The van der Waals surface area contributed by atoms with Crippen LogP contribution >= 0.6 is 12.2 Å². The van der Waals surface area contributed by atoms with Crippen molar-refractivity contribution in [2.75, 3.05) is 0 Å². The molecule has 1 atom stereocenters. The predicted molar refractivity (Wildman–Crippen MR) is 82.3 cm³/mol. The van der Waals surface area contributed by atoms with Gasteiger partial charge in [-0.3, -0.25) is 9.67 Å². The second-order valence-electron chi connectivity index (χ2n) is 4.98. The molecule has 0 fully saturated rings. The van der Waals surface area contributed by atoms with Crippen molar-refractivity contribution in [3.05, 3.63) is 70.8 Å². The lowest BCUT2D eigenvalue weighted by molar-refractivity contribution is 0.225. The van der Waals surface area contributed by atoms with Crippen LogP contribution in [-0.4, -0.2) is 14.8 Å². The van der Waals surface area contributed by atoms with Crippen molar-refractivity contribution in [1.29, 1.82) is 0 Å². The van der Waals surface area contributed by atoms with Crippen LogP contribution in [0.1, 0.15) is 17.5 Å². The first-order valence-electron chi connectivity index (χ1n) is 6.80. The van der Waals surface area contributed by atoms with E-state index in [4.69, 9.17) is 17.0 Å². The van der Waals surface area contributed by atoms with Crippen molar-refractivity contribution in [2.24, 2.45) is 0 Å². The first-order valence-corrected chi connectivity index (χ1v) is 7.21. The molecule has 1 aliphatic rings. The van der Waals surface area contributed by atoms with Gasteiger partial charge in [0.15, 0.2) is 16.7 Å². The summed E-state index contributed by atoms with van der Waals surface area (Å²) in [4.78, 5) is 0. The summed E-state index contributed by atoms with van der Waals surface area (Å²) in [6.07, 6.45) is 0.693. The van der Waals surface area contributed by atoms with Gasteiger partial charge in [0.1, 0.15) is 5.75 Å². The van der Waals surface area contributed by atoms with Gasteiger partial charge >= 0.3 is 0 Å². The Morgan fingerprint density at radius 2 is 1.86 bits per heavy atom. The minimum Gasteiger partial charge on any atom is -0.482 e. The van der Waals surface area contributed by atoms with Gasteiger partial charge in [-0.25, -0.2) is 0 Å². The third kappa shape index (κ3) is 2.06. The number of aromatic nitrogens is 3. The van der Waals surface area contributed by atoms with Gasteiger partial charge in [0.2, 0.25) is 0 Å². The maximum Gasteiger partial charge on any atom is 0.199 e. The molecule has 0 saturated heterocycles. The Kier molecular flexibility index (Phi) is 2.86. The van der Waals surface area contributed by atoms with Crippen LogP contribution in [0, 0.1) is 4.77 Å². The number of rotatable bonds is 2. The number of aromatic amines is 1. The number of hydrogen-bond acceptors (Lipinski definition) is 3. The van der Waals surface area contributed by atoms with Gasteiger partial charge in [-0.15, -0.1) is 0 Å². The highest BCUT2D eigenvalue weighted by atomic mass is 32.1. The first kappa shape index (κ1) is 12.3. The molecular weight excluding hydrogens is 282 g/mol. The summed E-state index contributed by atoms with van der Waals surface area (Å²) in [5.74, 6) is 1.73. The molecule has 5 heteroatoms. The van der Waals surface area contributed by atoms with Crippen molar-refractivity contribution < 1.29 is 4.74 Å². The number of benzene rings is 2. The van der Waals surface area contributed by atoms with Gasteiger partial charge in [-0.05, 0) is 36.0 Å². The van der Waals surface area contributed by atoms with Crippen molar-refractivity contribution >= 4 is 12.2 Å². The number of H-pyrrole nitrogens is 1. The van der Waals surface area contributed by atoms with Gasteiger partial charge in [0.05, 0.1) is 0 Å². The maximum absolute atomic E-state index is 6.02. The molecular formula is C16H13N3OS. The van der Waals surface area contributed by atoms with E-state index in [1.807, 2.05) is 53.1 Å². The molecule has 2 aromatic carbocycles. The Labute approximate surface area is 127 Å². The van der Waals surface area contributed by atoms with Crippen molar-refractivity contribution in [2.45, 2.75) is 12.5 Å². The van der Waals surface area contributed by atoms with E-state index in [1.165, 1.54) is 5.56 Å². The summed E-state index contributed by atoms with van der Waals surface area (Å²) in [5.41, 5.74) is 2.20. The summed E-state index contributed by atoms with van der Waals surface area (Å²) in [5, 5.41) is 7.25. The van der Waals surface area contributed by atoms with Crippen molar-refractivity contribution in [3.8, 4) is 11.4 Å².